The van der Waals surface area contributed by atoms with Crippen molar-refractivity contribution < 1.29 is 23.2 Å². The van der Waals surface area contributed by atoms with Crippen LogP contribution in [0, 0.1) is 5.92 Å². The van der Waals surface area contributed by atoms with E-state index in [1.165, 1.54) is 17.6 Å². The topological polar surface area (TPSA) is 106 Å². The van der Waals surface area contributed by atoms with Crippen LogP contribution in [0.3, 0.4) is 0 Å². The minimum atomic E-state index is -4.03. The summed E-state index contributed by atoms with van der Waals surface area (Å²) in [6, 6.07) is 10.3. The number of aromatic nitrogens is 1. The number of rotatable bonds is 6. The van der Waals surface area contributed by atoms with E-state index in [1.807, 2.05) is 18.3 Å². The van der Waals surface area contributed by atoms with Crippen molar-refractivity contribution in [1.82, 2.24) is 10.5 Å². The second-order valence-electron chi connectivity index (χ2n) is 7.73. The molecule has 0 bridgehead atoms. The molecule has 3 rings (SSSR count). The third-order valence-electron chi connectivity index (χ3n) is 5.26. The molecule has 2 N–H and O–H groups in total. The Labute approximate surface area is 183 Å². The molecular formula is C21H27ClN2O5S. The SMILES string of the molecule is CC(C)Cc1ccc(-c2ccc(S(=O)(=O)C3(C(=O)NO)CCOCC3)cc2)nc1.Cl. The van der Waals surface area contributed by atoms with Gasteiger partial charge in [-0.25, -0.2) is 13.9 Å². The highest BCUT2D eigenvalue weighted by molar-refractivity contribution is 7.93. The van der Waals surface area contributed by atoms with Crippen LogP contribution in [-0.4, -0.2) is 42.5 Å². The second kappa shape index (κ2) is 9.87. The number of halogens is 1. The van der Waals surface area contributed by atoms with E-state index in [2.05, 4.69) is 18.8 Å². The maximum atomic E-state index is 13.3. The zero-order chi connectivity index (χ0) is 21.1. The number of nitrogens with one attached hydrogen (secondary N) is 1. The van der Waals surface area contributed by atoms with Gasteiger partial charge in [0.05, 0.1) is 10.6 Å². The normalized spacial score (nSPS) is 16.0. The van der Waals surface area contributed by atoms with Gasteiger partial charge in [0.25, 0.3) is 5.91 Å². The first-order chi connectivity index (χ1) is 13.8. The summed E-state index contributed by atoms with van der Waals surface area (Å²) in [6.45, 7) is 4.57. The number of hydroxylamine groups is 1. The Balaban J connectivity index is 0.00000320. The van der Waals surface area contributed by atoms with Crippen molar-refractivity contribution in [2.45, 2.75) is 42.8 Å². The van der Waals surface area contributed by atoms with Crippen molar-refractivity contribution >= 4 is 28.2 Å². The fourth-order valence-corrected chi connectivity index (χ4v) is 5.58. The number of benzene rings is 1. The number of sulfone groups is 1. The number of pyridine rings is 1. The van der Waals surface area contributed by atoms with E-state index in [1.54, 1.807) is 12.1 Å². The average molecular weight is 455 g/mol. The van der Waals surface area contributed by atoms with E-state index in [0.717, 1.165) is 23.2 Å². The molecule has 0 aliphatic carbocycles. The minimum Gasteiger partial charge on any atom is -0.381 e. The molecule has 7 nitrogen and oxygen atoms in total. The lowest BCUT2D eigenvalue weighted by Crippen LogP contribution is -2.54. The fourth-order valence-electron chi connectivity index (χ4n) is 3.64. The maximum Gasteiger partial charge on any atom is 0.265 e. The van der Waals surface area contributed by atoms with E-state index in [9.17, 15) is 13.2 Å². The molecule has 0 atom stereocenters. The molecule has 164 valence electrons. The molecule has 1 amide bonds. The molecule has 0 radical (unpaired) electrons. The lowest BCUT2D eigenvalue weighted by atomic mass is 9.98. The Morgan fingerprint density at radius 2 is 1.80 bits per heavy atom. The van der Waals surface area contributed by atoms with Crippen molar-refractivity contribution in [3.05, 3.63) is 48.2 Å². The summed E-state index contributed by atoms with van der Waals surface area (Å²) in [5.41, 5.74) is 4.21. The summed E-state index contributed by atoms with van der Waals surface area (Å²) in [6.07, 6.45) is 2.76. The molecule has 9 heteroatoms. The monoisotopic (exact) mass is 454 g/mol. The van der Waals surface area contributed by atoms with Gasteiger partial charge in [0.1, 0.15) is 0 Å². The quantitative estimate of drug-likeness (QED) is 0.513. The summed E-state index contributed by atoms with van der Waals surface area (Å²) in [5, 5.41) is 9.12. The van der Waals surface area contributed by atoms with E-state index >= 15 is 0 Å². The van der Waals surface area contributed by atoms with Gasteiger partial charge in [-0.1, -0.05) is 32.0 Å². The third kappa shape index (κ3) is 4.67. The standard InChI is InChI=1S/C21H26N2O5S.ClH/c1-15(2)13-16-3-8-19(22-14-16)17-4-6-18(7-5-17)29(26,27)21(20(24)23-25)9-11-28-12-10-21;/h3-8,14-15,25H,9-13H2,1-2H3,(H,23,24);1H. The van der Waals surface area contributed by atoms with Crippen LogP contribution >= 0.6 is 12.4 Å². The summed E-state index contributed by atoms with van der Waals surface area (Å²) in [7, 11) is -4.03. The smallest absolute Gasteiger partial charge is 0.265 e. The van der Waals surface area contributed by atoms with Crippen molar-refractivity contribution in [3.8, 4) is 11.3 Å². The maximum absolute atomic E-state index is 13.3. The Bertz CT molecular complexity index is 954. The first-order valence-electron chi connectivity index (χ1n) is 9.62. The van der Waals surface area contributed by atoms with Gasteiger partial charge in [-0.2, -0.15) is 0 Å². The number of carbonyl (C=O) groups is 1. The van der Waals surface area contributed by atoms with Crippen molar-refractivity contribution in [2.24, 2.45) is 5.92 Å². The van der Waals surface area contributed by atoms with Gasteiger partial charge in [0, 0.05) is 25.0 Å². The predicted molar refractivity (Wildman–Crippen MR) is 115 cm³/mol. The Kier molecular flexibility index (Phi) is 7.99. The van der Waals surface area contributed by atoms with Gasteiger partial charge in [-0.15, -0.1) is 12.4 Å². The van der Waals surface area contributed by atoms with Crippen LogP contribution in [0.15, 0.2) is 47.5 Å². The molecular weight excluding hydrogens is 428 g/mol. The highest BCUT2D eigenvalue weighted by Crippen LogP contribution is 2.35. The summed E-state index contributed by atoms with van der Waals surface area (Å²) < 4.78 is 30.0. The van der Waals surface area contributed by atoms with Crippen molar-refractivity contribution in [1.29, 1.82) is 0 Å². The number of hydrogen-bond donors (Lipinski definition) is 2. The van der Waals surface area contributed by atoms with Crippen LogP contribution in [-0.2, 0) is 25.8 Å². The highest BCUT2D eigenvalue weighted by Gasteiger charge is 2.52. The Hall–Kier alpha value is -2.00. The number of amides is 1. The summed E-state index contributed by atoms with van der Waals surface area (Å²) in [4.78, 5) is 16.8. The van der Waals surface area contributed by atoms with Gasteiger partial charge in [-0.05, 0) is 48.9 Å². The van der Waals surface area contributed by atoms with E-state index in [-0.39, 0.29) is 43.4 Å². The molecule has 0 spiro atoms. The molecule has 1 aromatic heterocycles. The molecule has 0 saturated carbocycles. The zero-order valence-corrected chi connectivity index (χ0v) is 18.6. The second-order valence-corrected chi connectivity index (χ2v) is 9.98. The number of hydrogen-bond acceptors (Lipinski definition) is 6. The molecule has 30 heavy (non-hydrogen) atoms. The number of ether oxygens (including phenoxy) is 1. The minimum absolute atomic E-state index is 0. The summed E-state index contributed by atoms with van der Waals surface area (Å²) >= 11 is 0. The molecule has 1 aliphatic rings. The third-order valence-corrected chi connectivity index (χ3v) is 7.77. The highest BCUT2D eigenvalue weighted by atomic mass is 35.5. The van der Waals surface area contributed by atoms with Gasteiger partial charge in [-0.3, -0.25) is 15.0 Å². The van der Waals surface area contributed by atoms with Crippen molar-refractivity contribution in [3.63, 3.8) is 0 Å². The van der Waals surface area contributed by atoms with E-state index in [4.69, 9.17) is 9.94 Å². The summed E-state index contributed by atoms with van der Waals surface area (Å²) in [5.74, 6) is -0.381. The molecule has 1 aromatic carbocycles. The largest absolute Gasteiger partial charge is 0.381 e. The van der Waals surface area contributed by atoms with Crippen LogP contribution in [0.4, 0.5) is 0 Å². The number of carbonyl (C=O) groups excluding carboxylic acids is 1. The van der Waals surface area contributed by atoms with Crippen LogP contribution < -0.4 is 5.48 Å². The predicted octanol–water partition coefficient (Wildman–Crippen LogP) is 3.20. The first kappa shape index (κ1) is 24.3. The molecule has 1 aliphatic heterocycles. The van der Waals surface area contributed by atoms with Crippen LogP contribution in [0.1, 0.15) is 32.3 Å². The Morgan fingerprint density at radius 3 is 2.30 bits per heavy atom. The van der Waals surface area contributed by atoms with Crippen molar-refractivity contribution in [2.75, 3.05) is 13.2 Å². The lowest BCUT2D eigenvalue weighted by Gasteiger charge is -2.34. The van der Waals surface area contributed by atoms with Gasteiger partial charge in [0.2, 0.25) is 0 Å². The van der Waals surface area contributed by atoms with Crippen LogP contribution in [0.25, 0.3) is 11.3 Å². The first-order valence-corrected chi connectivity index (χ1v) is 11.1. The van der Waals surface area contributed by atoms with E-state index in [0.29, 0.717) is 5.92 Å². The molecule has 2 heterocycles. The van der Waals surface area contributed by atoms with Gasteiger partial charge >= 0.3 is 0 Å². The average Bonchev–Trinajstić information content (AvgIpc) is 2.73. The zero-order valence-electron chi connectivity index (χ0n) is 17.0. The van der Waals surface area contributed by atoms with Crippen LogP contribution in [0.5, 0.6) is 0 Å². The van der Waals surface area contributed by atoms with Gasteiger partial charge < -0.3 is 4.74 Å². The Morgan fingerprint density at radius 1 is 1.17 bits per heavy atom. The number of nitrogens with zero attached hydrogens (tertiary/aromatic N) is 1. The molecule has 1 fully saturated rings. The fraction of sp³-hybridized carbons (Fsp3) is 0.429. The molecule has 1 saturated heterocycles. The van der Waals surface area contributed by atoms with Gasteiger partial charge in [0.15, 0.2) is 14.6 Å². The van der Waals surface area contributed by atoms with E-state index < -0.39 is 20.5 Å². The van der Waals surface area contributed by atoms with Crippen LogP contribution in [0.2, 0.25) is 0 Å². The molecule has 0 unspecified atom stereocenters. The lowest BCUT2D eigenvalue weighted by molar-refractivity contribution is -0.134. The molecule has 2 aromatic rings.